The van der Waals surface area contributed by atoms with Gasteiger partial charge >= 0.3 is 0 Å². The normalized spacial score (nSPS) is 10.7. The quantitative estimate of drug-likeness (QED) is 0.659. The summed E-state index contributed by atoms with van der Waals surface area (Å²) >= 11 is 5.70. The number of carbonyl (C=O) groups is 1. The highest BCUT2D eigenvalue weighted by Gasteiger charge is 2.16. The molecule has 3 rings (SSSR count). The summed E-state index contributed by atoms with van der Waals surface area (Å²) in [4.78, 5) is 16.7. The van der Waals surface area contributed by atoms with Crippen LogP contribution in [0.25, 0.3) is 10.9 Å². The smallest absolute Gasteiger partial charge is 0.196 e. The number of aromatic nitrogens is 1. The Morgan fingerprint density at radius 1 is 1.05 bits per heavy atom. The van der Waals surface area contributed by atoms with Gasteiger partial charge in [0.25, 0.3) is 0 Å². The molecule has 1 aromatic heterocycles. The molecule has 0 atom stereocenters. The summed E-state index contributed by atoms with van der Waals surface area (Å²) in [5.74, 6) is -0.999. The lowest BCUT2D eigenvalue weighted by Crippen LogP contribution is -2.05. The van der Waals surface area contributed by atoms with Gasteiger partial charge in [0.15, 0.2) is 5.78 Å². The van der Waals surface area contributed by atoms with Gasteiger partial charge in [-0.3, -0.25) is 9.78 Å². The third-order valence-corrected chi connectivity index (χ3v) is 3.30. The van der Waals surface area contributed by atoms with Gasteiger partial charge in [0.05, 0.1) is 11.1 Å². The minimum Gasteiger partial charge on any atom is -0.288 e. The Labute approximate surface area is 119 Å². The zero-order valence-corrected chi connectivity index (χ0v) is 11.1. The number of hydrogen-bond donors (Lipinski definition) is 0. The molecule has 0 radical (unpaired) electrons. The van der Waals surface area contributed by atoms with Gasteiger partial charge in [-0.2, -0.15) is 0 Å². The van der Waals surface area contributed by atoms with Gasteiger partial charge in [-0.1, -0.05) is 29.8 Å². The number of ketones is 1. The van der Waals surface area contributed by atoms with Crippen LogP contribution in [-0.4, -0.2) is 10.8 Å². The van der Waals surface area contributed by atoms with E-state index >= 15 is 0 Å². The zero-order valence-electron chi connectivity index (χ0n) is 10.3. The number of hydrogen-bond acceptors (Lipinski definition) is 2. The van der Waals surface area contributed by atoms with Crippen LogP contribution >= 0.6 is 11.6 Å². The summed E-state index contributed by atoms with van der Waals surface area (Å²) in [5, 5.41) is 0.966. The lowest BCUT2D eigenvalue weighted by molar-refractivity contribution is 0.103. The topological polar surface area (TPSA) is 30.0 Å². The molecule has 0 spiro atoms. The number of pyridine rings is 1. The van der Waals surface area contributed by atoms with Crippen molar-refractivity contribution >= 4 is 28.3 Å². The van der Waals surface area contributed by atoms with E-state index in [1.165, 1.54) is 12.1 Å². The van der Waals surface area contributed by atoms with Crippen molar-refractivity contribution in [2.24, 2.45) is 0 Å². The average molecular weight is 286 g/mol. The summed E-state index contributed by atoms with van der Waals surface area (Å²) in [6, 6.07) is 12.8. The summed E-state index contributed by atoms with van der Waals surface area (Å²) in [7, 11) is 0. The fourth-order valence-electron chi connectivity index (χ4n) is 2.12. The molecule has 0 fully saturated rings. The molecule has 0 aliphatic heterocycles. The van der Waals surface area contributed by atoms with Crippen LogP contribution in [0.3, 0.4) is 0 Å². The fraction of sp³-hybridized carbons (Fsp3) is 0. The molecule has 0 saturated carbocycles. The van der Waals surface area contributed by atoms with Crippen molar-refractivity contribution in [1.82, 2.24) is 4.98 Å². The van der Waals surface area contributed by atoms with Crippen molar-refractivity contribution in [3.63, 3.8) is 0 Å². The highest BCUT2D eigenvalue weighted by Crippen LogP contribution is 2.22. The van der Waals surface area contributed by atoms with Gasteiger partial charge in [0.1, 0.15) is 5.82 Å². The highest BCUT2D eigenvalue weighted by molar-refractivity contribution is 6.30. The van der Waals surface area contributed by atoms with Gasteiger partial charge < -0.3 is 0 Å². The van der Waals surface area contributed by atoms with E-state index in [4.69, 9.17) is 11.6 Å². The van der Waals surface area contributed by atoms with Crippen molar-refractivity contribution in [2.75, 3.05) is 0 Å². The number of rotatable bonds is 2. The van der Waals surface area contributed by atoms with Crippen LogP contribution in [-0.2, 0) is 0 Å². The first-order valence-electron chi connectivity index (χ1n) is 6.00. The maximum atomic E-state index is 13.9. The number of benzene rings is 2. The predicted octanol–water partition coefficient (Wildman–Crippen LogP) is 4.26. The van der Waals surface area contributed by atoms with Gasteiger partial charge in [-0.25, -0.2) is 4.39 Å². The Hall–Kier alpha value is -2.26. The first-order valence-corrected chi connectivity index (χ1v) is 6.38. The molecule has 0 aliphatic rings. The Kier molecular flexibility index (Phi) is 3.20. The lowest BCUT2D eigenvalue weighted by Gasteiger charge is -2.06. The van der Waals surface area contributed by atoms with E-state index in [1.54, 1.807) is 30.5 Å². The molecule has 0 bridgehead atoms. The first-order chi connectivity index (χ1) is 9.66. The second kappa shape index (κ2) is 5.02. The van der Waals surface area contributed by atoms with Gasteiger partial charge in [-0.15, -0.1) is 0 Å². The van der Waals surface area contributed by atoms with Crippen molar-refractivity contribution in [3.8, 4) is 0 Å². The molecule has 0 N–H and O–H groups in total. The maximum absolute atomic E-state index is 13.9. The molecule has 98 valence electrons. The molecule has 3 aromatic rings. The number of nitrogens with zero attached hydrogens (tertiary/aromatic N) is 1. The van der Waals surface area contributed by atoms with Crippen molar-refractivity contribution in [3.05, 3.63) is 76.7 Å². The molecule has 0 unspecified atom stereocenters. The Morgan fingerprint density at radius 2 is 1.90 bits per heavy atom. The van der Waals surface area contributed by atoms with Crippen LogP contribution < -0.4 is 0 Å². The van der Waals surface area contributed by atoms with Gasteiger partial charge in [-0.05, 0) is 30.3 Å². The second-order valence-electron chi connectivity index (χ2n) is 4.33. The summed E-state index contributed by atoms with van der Waals surface area (Å²) < 4.78 is 13.9. The Bertz CT molecular complexity index is 811. The van der Waals surface area contributed by atoms with Crippen LogP contribution in [0.15, 0.2) is 54.7 Å². The number of fused-ring (bicyclic) bond motifs is 1. The molecule has 1 heterocycles. The molecule has 0 amide bonds. The monoisotopic (exact) mass is 285 g/mol. The number of carbonyl (C=O) groups excluding carboxylic acids is 1. The minimum absolute atomic E-state index is 0.00533. The third kappa shape index (κ3) is 2.17. The maximum Gasteiger partial charge on any atom is 0.196 e. The molecule has 2 aromatic carbocycles. The van der Waals surface area contributed by atoms with Crippen LogP contribution in [0.4, 0.5) is 4.39 Å². The van der Waals surface area contributed by atoms with E-state index < -0.39 is 5.82 Å². The SMILES string of the molecule is O=C(c1ccc(Cl)cc1F)c1cccc2ncccc12. The summed E-state index contributed by atoms with van der Waals surface area (Å²) in [6.07, 6.45) is 1.65. The second-order valence-corrected chi connectivity index (χ2v) is 4.77. The van der Waals surface area contributed by atoms with Gasteiger partial charge in [0, 0.05) is 22.2 Å². The van der Waals surface area contributed by atoms with Gasteiger partial charge in [0.2, 0.25) is 0 Å². The van der Waals surface area contributed by atoms with E-state index in [-0.39, 0.29) is 16.4 Å². The van der Waals surface area contributed by atoms with E-state index in [0.717, 1.165) is 6.07 Å². The zero-order chi connectivity index (χ0) is 14.1. The lowest BCUT2D eigenvalue weighted by atomic mass is 9.99. The summed E-state index contributed by atoms with van der Waals surface area (Å²) in [5.41, 5.74) is 1.13. The van der Waals surface area contributed by atoms with Crippen molar-refractivity contribution in [2.45, 2.75) is 0 Å². The van der Waals surface area contributed by atoms with Crippen molar-refractivity contribution < 1.29 is 9.18 Å². The fourth-order valence-corrected chi connectivity index (χ4v) is 2.28. The first kappa shape index (κ1) is 12.8. The molecule has 4 heteroatoms. The van der Waals surface area contributed by atoms with Crippen molar-refractivity contribution in [1.29, 1.82) is 0 Å². The van der Waals surface area contributed by atoms with E-state index in [9.17, 15) is 9.18 Å². The van der Waals surface area contributed by atoms with E-state index in [2.05, 4.69) is 4.98 Å². The van der Waals surface area contributed by atoms with Crippen LogP contribution in [0.1, 0.15) is 15.9 Å². The molecule has 0 saturated heterocycles. The third-order valence-electron chi connectivity index (χ3n) is 3.07. The molecule has 2 nitrogen and oxygen atoms in total. The molecular formula is C16H9ClFNO. The largest absolute Gasteiger partial charge is 0.288 e. The standard InChI is InChI=1S/C16H9ClFNO/c17-10-6-7-13(14(18)9-10)16(20)12-3-1-5-15-11(12)4-2-8-19-15/h1-9H. The van der Waals surface area contributed by atoms with E-state index in [1.807, 2.05) is 6.07 Å². The van der Waals surface area contributed by atoms with Crippen LogP contribution in [0, 0.1) is 5.82 Å². The highest BCUT2D eigenvalue weighted by atomic mass is 35.5. The Morgan fingerprint density at radius 3 is 2.70 bits per heavy atom. The predicted molar refractivity (Wildman–Crippen MR) is 76.6 cm³/mol. The number of halogens is 2. The average Bonchev–Trinajstić information content (AvgIpc) is 2.46. The minimum atomic E-state index is -0.622. The summed E-state index contributed by atoms with van der Waals surface area (Å²) in [6.45, 7) is 0. The Balaban J connectivity index is 2.18. The molecular weight excluding hydrogens is 277 g/mol. The van der Waals surface area contributed by atoms with Crippen LogP contribution in [0.2, 0.25) is 5.02 Å². The molecule has 0 aliphatic carbocycles. The van der Waals surface area contributed by atoms with E-state index in [0.29, 0.717) is 16.5 Å². The van der Waals surface area contributed by atoms with Crippen LogP contribution in [0.5, 0.6) is 0 Å². The molecule has 20 heavy (non-hydrogen) atoms.